The number of piperidine rings is 2. The Morgan fingerprint density at radius 3 is 2.34 bits per heavy atom. The molecule has 3 N–H and O–H groups in total. The SMILES string of the molecule is CNc1c(Cl)cc(C[C@@H](NC(=O)N2CCC(N3Cc4cscc4NC3=O)CC2)C(=O)N2CCC(N3CC4CC3CN4C)CC2)cc1C(F)(F)F. The number of likely N-dealkylation sites (N-methyl/N-ethyl adjacent to an activating group) is 1. The van der Waals surface area contributed by atoms with Crippen LogP contribution in [0.3, 0.4) is 0 Å². The van der Waals surface area contributed by atoms with Gasteiger partial charge >= 0.3 is 18.2 Å². The third-order valence-corrected chi connectivity index (χ3v) is 12.4. The fourth-order valence-electron chi connectivity index (χ4n) is 8.59. The highest BCUT2D eigenvalue weighted by Gasteiger charge is 2.45. The molecule has 7 rings (SSSR count). The van der Waals surface area contributed by atoms with Crippen molar-refractivity contribution in [2.75, 3.05) is 64.0 Å². The predicted molar refractivity (Wildman–Crippen MR) is 187 cm³/mol. The number of piperazine rings is 1. The standard InChI is InChI=1S/C34H44ClF3N8O3S/c1-39-30-26(34(36,37)38)11-20(12-27(30)35)13-28(31(47)43-7-3-22(4-8-43)45-17-24-14-25(45)16-42(24)2)40-32(48)44-9-5-23(6-10-44)46-15-21-18-50-19-29(21)41-33(46)49/h11-12,18-19,22-25,28,39H,3-10,13-17H2,1-2H3,(H,40,48)(H,41,49)/t24?,25?,28-/m1/s1. The van der Waals surface area contributed by atoms with Crippen LogP contribution in [0.4, 0.5) is 34.1 Å². The van der Waals surface area contributed by atoms with Crippen molar-refractivity contribution in [1.29, 1.82) is 0 Å². The quantitative estimate of drug-likeness (QED) is 0.371. The molecular formula is C34H44ClF3N8O3S. The van der Waals surface area contributed by atoms with Crippen molar-refractivity contribution in [2.24, 2.45) is 0 Å². The number of hydrogen-bond donors (Lipinski definition) is 3. The summed E-state index contributed by atoms with van der Waals surface area (Å²) in [5, 5.41) is 12.2. The lowest BCUT2D eigenvalue weighted by molar-refractivity contribution is -0.137. The molecule has 1 aromatic heterocycles. The number of benzene rings is 1. The van der Waals surface area contributed by atoms with Crippen molar-refractivity contribution in [3.8, 4) is 0 Å². The van der Waals surface area contributed by atoms with Gasteiger partial charge in [0, 0.05) is 87.8 Å². The van der Waals surface area contributed by atoms with E-state index in [1.54, 1.807) is 9.80 Å². The second kappa shape index (κ2) is 14.0. The van der Waals surface area contributed by atoms with Gasteiger partial charge in [-0.2, -0.15) is 13.2 Å². The number of hydrogen-bond acceptors (Lipinski definition) is 7. The molecule has 4 saturated heterocycles. The molecule has 0 aliphatic carbocycles. The van der Waals surface area contributed by atoms with Crippen molar-refractivity contribution in [1.82, 2.24) is 29.8 Å². The molecule has 0 spiro atoms. The zero-order chi connectivity index (χ0) is 35.3. The molecule has 2 aromatic rings. The Bertz CT molecular complexity index is 1610. The number of nitrogens with one attached hydrogen (secondary N) is 3. The van der Waals surface area contributed by atoms with Gasteiger partial charge in [-0.15, -0.1) is 11.3 Å². The molecule has 0 radical (unpaired) electrons. The summed E-state index contributed by atoms with van der Waals surface area (Å²) >= 11 is 7.85. The average molecular weight is 737 g/mol. The monoisotopic (exact) mass is 736 g/mol. The molecule has 6 heterocycles. The Morgan fingerprint density at radius 1 is 1.00 bits per heavy atom. The van der Waals surface area contributed by atoms with Gasteiger partial charge in [0.2, 0.25) is 5.91 Å². The number of urea groups is 2. The number of likely N-dealkylation sites (tertiary alicyclic amines) is 4. The van der Waals surface area contributed by atoms with E-state index in [-0.39, 0.29) is 40.7 Å². The zero-order valence-electron chi connectivity index (χ0n) is 28.3. The van der Waals surface area contributed by atoms with E-state index in [0.29, 0.717) is 63.7 Å². The number of amides is 5. The van der Waals surface area contributed by atoms with Crippen molar-refractivity contribution in [2.45, 2.75) is 81.5 Å². The summed E-state index contributed by atoms with van der Waals surface area (Å²) in [6.07, 6.45) is -0.890. The number of anilines is 2. The second-order valence-corrected chi connectivity index (χ2v) is 15.4. The minimum atomic E-state index is -4.67. The Morgan fingerprint density at radius 2 is 1.70 bits per heavy atom. The van der Waals surface area contributed by atoms with Crippen LogP contribution >= 0.6 is 22.9 Å². The van der Waals surface area contributed by atoms with Crippen LogP contribution in [-0.4, -0.2) is 126 Å². The van der Waals surface area contributed by atoms with Crippen molar-refractivity contribution in [3.05, 3.63) is 44.6 Å². The highest BCUT2D eigenvalue weighted by Crippen LogP contribution is 2.40. The molecule has 11 nitrogen and oxygen atoms in total. The second-order valence-electron chi connectivity index (χ2n) is 14.3. The topological polar surface area (TPSA) is 103 Å². The highest BCUT2D eigenvalue weighted by molar-refractivity contribution is 7.08. The van der Waals surface area contributed by atoms with Gasteiger partial charge in [0.05, 0.1) is 28.5 Å². The maximum Gasteiger partial charge on any atom is 0.418 e. The summed E-state index contributed by atoms with van der Waals surface area (Å²) in [5.74, 6) is -0.312. The molecule has 5 aliphatic rings. The van der Waals surface area contributed by atoms with Crippen molar-refractivity contribution < 1.29 is 27.6 Å². The van der Waals surface area contributed by atoms with Crippen LogP contribution in [0.25, 0.3) is 0 Å². The van der Waals surface area contributed by atoms with Crippen LogP contribution in [0, 0.1) is 0 Å². The summed E-state index contributed by atoms with van der Waals surface area (Å²) in [7, 11) is 3.54. The van der Waals surface area contributed by atoms with E-state index in [9.17, 15) is 27.6 Å². The van der Waals surface area contributed by atoms with Crippen LogP contribution in [0.5, 0.6) is 0 Å². The molecule has 3 atom stereocenters. The summed E-state index contributed by atoms with van der Waals surface area (Å²) < 4.78 is 42.1. The van der Waals surface area contributed by atoms with E-state index in [1.807, 2.05) is 15.7 Å². The lowest BCUT2D eigenvalue weighted by atomic mass is 9.98. The Hall–Kier alpha value is -3.27. The lowest BCUT2D eigenvalue weighted by Crippen LogP contribution is -2.58. The zero-order valence-corrected chi connectivity index (χ0v) is 29.8. The molecular weight excluding hydrogens is 693 g/mol. The van der Waals surface area contributed by atoms with Gasteiger partial charge in [-0.1, -0.05) is 11.6 Å². The average Bonchev–Trinajstić information content (AvgIpc) is 3.82. The first kappa shape index (κ1) is 35.1. The van der Waals surface area contributed by atoms with Gasteiger partial charge in [0.1, 0.15) is 6.04 Å². The molecule has 2 unspecified atom stereocenters. The minimum Gasteiger partial charge on any atom is -0.386 e. The number of carbonyl (C=O) groups is 3. The summed E-state index contributed by atoms with van der Waals surface area (Å²) in [5.41, 5.74) is 0.948. The number of carbonyl (C=O) groups excluding carboxylic acids is 3. The van der Waals surface area contributed by atoms with Crippen LogP contribution < -0.4 is 16.0 Å². The largest absolute Gasteiger partial charge is 0.418 e. The summed E-state index contributed by atoms with van der Waals surface area (Å²) in [6.45, 7) is 4.39. The molecule has 1 aromatic carbocycles. The number of alkyl halides is 3. The van der Waals surface area contributed by atoms with Crippen LogP contribution in [0.1, 0.15) is 48.8 Å². The Labute approximate surface area is 299 Å². The van der Waals surface area contributed by atoms with E-state index in [4.69, 9.17) is 11.6 Å². The summed E-state index contributed by atoms with van der Waals surface area (Å²) in [4.78, 5) is 50.8. The normalized spacial score (nSPS) is 24.4. The number of thiophene rings is 1. The van der Waals surface area contributed by atoms with E-state index in [0.717, 1.165) is 43.2 Å². The van der Waals surface area contributed by atoms with E-state index in [1.165, 1.54) is 30.9 Å². The van der Waals surface area contributed by atoms with E-state index >= 15 is 0 Å². The van der Waals surface area contributed by atoms with Gasteiger partial charge in [-0.05, 0) is 62.2 Å². The maximum atomic E-state index is 14.1. The van der Waals surface area contributed by atoms with Gasteiger partial charge in [0.25, 0.3) is 0 Å². The van der Waals surface area contributed by atoms with Gasteiger partial charge < -0.3 is 35.6 Å². The van der Waals surface area contributed by atoms with E-state index < -0.39 is 23.8 Å². The Balaban J connectivity index is 1.03. The molecule has 5 amide bonds. The molecule has 2 bridgehead atoms. The number of rotatable bonds is 7. The lowest BCUT2D eigenvalue weighted by Gasteiger charge is -2.43. The number of fused-ring (bicyclic) bond motifs is 3. The van der Waals surface area contributed by atoms with Crippen LogP contribution in [-0.2, 0) is 23.9 Å². The van der Waals surface area contributed by atoms with Gasteiger partial charge in [0.15, 0.2) is 0 Å². The third-order valence-electron chi connectivity index (χ3n) is 11.3. The van der Waals surface area contributed by atoms with Gasteiger partial charge in [-0.3, -0.25) is 9.69 Å². The first-order valence-corrected chi connectivity index (χ1v) is 18.7. The molecule has 5 aliphatic heterocycles. The minimum absolute atomic E-state index is 0.0503. The smallest absolute Gasteiger partial charge is 0.386 e. The maximum absolute atomic E-state index is 14.1. The van der Waals surface area contributed by atoms with Crippen LogP contribution in [0.2, 0.25) is 5.02 Å². The fraction of sp³-hybridized carbons (Fsp3) is 0.618. The Kier molecular flexibility index (Phi) is 9.87. The van der Waals surface area contributed by atoms with Crippen LogP contribution in [0.15, 0.2) is 22.9 Å². The predicted octanol–water partition coefficient (Wildman–Crippen LogP) is 4.97. The number of halogens is 4. The molecule has 0 saturated carbocycles. The highest BCUT2D eigenvalue weighted by atomic mass is 35.5. The first-order valence-electron chi connectivity index (χ1n) is 17.4. The van der Waals surface area contributed by atoms with Gasteiger partial charge in [-0.25, -0.2) is 9.59 Å². The van der Waals surface area contributed by atoms with Crippen molar-refractivity contribution in [3.63, 3.8) is 0 Å². The summed E-state index contributed by atoms with van der Waals surface area (Å²) in [6, 6.07) is 2.19. The number of nitrogens with zero attached hydrogens (tertiary/aromatic N) is 5. The molecule has 272 valence electrons. The van der Waals surface area contributed by atoms with Crippen molar-refractivity contribution >= 4 is 52.3 Å². The van der Waals surface area contributed by atoms with E-state index in [2.05, 4.69) is 32.8 Å². The molecule has 4 fully saturated rings. The third kappa shape index (κ3) is 6.98. The molecule has 16 heteroatoms. The fourth-order valence-corrected chi connectivity index (χ4v) is 9.71. The molecule has 50 heavy (non-hydrogen) atoms. The first-order chi connectivity index (χ1) is 23.9.